The molecule has 0 saturated heterocycles. The van der Waals surface area contributed by atoms with Gasteiger partial charge >= 0.3 is 5.97 Å². The maximum absolute atomic E-state index is 11.2. The second kappa shape index (κ2) is 5.22. The molecule has 0 radical (unpaired) electrons. The van der Waals surface area contributed by atoms with E-state index in [1.165, 1.54) is 19.5 Å². The molecule has 0 aliphatic rings. The number of methoxy groups -OCH3 is 1. The van der Waals surface area contributed by atoms with Crippen LogP contribution < -0.4 is 4.74 Å². The van der Waals surface area contributed by atoms with Crippen LogP contribution in [0.1, 0.15) is 16.2 Å². The van der Waals surface area contributed by atoms with E-state index < -0.39 is 5.97 Å². The lowest BCUT2D eigenvalue weighted by molar-refractivity contribution is 0.0593. The molecule has 0 N–H and O–H groups in total. The normalized spacial score (nSPS) is 9.89. The number of rotatable bonds is 3. The van der Waals surface area contributed by atoms with Crippen molar-refractivity contribution in [2.45, 2.75) is 6.92 Å². The molecular formula is C12H11N3O3. The fraction of sp³-hybridized carbons (Fsp3) is 0.167. The summed E-state index contributed by atoms with van der Waals surface area (Å²) in [6, 6.07) is 3.54. The number of carbonyl (C=O) groups excluding carboxylic acids is 1. The third-order valence-electron chi connectivity index (χ3n) is 2.20. The Labute approximate surface area is 104 Å². The van der Waals surface area contributed by atoms with Gasteiger partial charge in [-0.2, -0.15) is 0 Å². The molecule has 2 rings (SSSR count). The van der Waals surface area contributed by atoms with E-state index in [2.05, 4.69) is 19.7 Å². The summed E-state index contributed by atoms with van der Waals surface area (Å²) in [5.41, 5.74) is 0.879. The smallest absolute Gasteiger partial charge is 0.358 e. The Morgan fingerprint density at radius 3 is 2.67 bits per heavy atom. The van der Waals surface area contributed by atoms with Crippen LogP contribution in [0.15, 0.2) is 30.7 Å². The van der Waals surface area contributed by atoms with Crippen molar-refractivity contribution in [3.05, 3.63) is 42.1 Å². The van der Waals surface area contributed by atoms with Crippen molar-refractivity contribution in [3.8, 4) is 11.6 Å². The first kappa shape index (κ1) is 12.0. The minimum atomic E-state index is -0.536. The minimum absolute atomic E-state index is 0.132. The first-order valence-electron chi connectivity index (χ1n) is 5.20. The van der Waals surface area contributed by atoms with Crippen LogP contribution in [0.4, 0.5) is 0 Å². The van der Waals surface area contributed by atoms with Gasteiger partial charge in [-0.1, -0.05) is 0 Å². The van der Waals surface area contributed by atoms with Crippen molar-refractivity contribution in [2.75, 3.05) is 7.11 Å². The molecule has 6 nitrogen and oxygen atoms in total. The van der Waals surface area contributed by atoms with Gasteiger partial charge in [0, 0.05) is 6.20 Å². The number of hydrogen-bond acceptors (Lipinski definition) is 6. The number of esters is 1. The van der Waals surface area contributed by atoms with Crippen molar-refractivity contribution in [1.82, 2.24) is 15.0 Å². The summed E-state index contributed by atoms with van der Waals surface area (Å²) in [7, 11) is 1.29. The van der Waals surface area contributed by atoms with Gasteiger partial charge < -0.3 is 9.47 Å². The molecule has 0 unspecified atom stereocenters. The number of aryl methyl sites for hydroxylation is 1. The summed E-state index contributed by atoms with van der Waals surface area (Å²) in [6.07, 6.45) is 4.33. The average Bonchev–Trinajstić information content (AvgIpc) is 2.41. The van der Waals surface area contributed by atoms with Gasteiger partial charge in [-0.15, -0.1) is 0 Å². The summed E-state index contributed by atoms with van der Waals surface area (Å²) in [6.45, 7) is 1.82. The molecule has 2 heterocycles. The Morgan fingerprint density at radius 1 is 1.22 bits per heavy atom. The lowest BCUT2D eigenvalue weighted by Crippen LogP contribution is -2.05. The molecule has 0 aliphatic carbocycles. The Hall–Kier alpha value is -2.50. The largest absolute Gasteiger partial charge is 0.464 e. The van der Waals surface area contributed by atoms with E-state index in [0.717, 1.165) is 5.69 Å². The van der Waals surface area contributed by atoms with Crippen LogP contribution >= 0.6 is 0 Å². The topological polar surface area (TPSA) is 74.2 Å². The molecule has 0 fully saturated rings. The molecule has 2 aromatic heterocycles. The summed E-state index contributed by atoms with van der Waals surface area (Å²) in [5, 5.41) is 0. The van der Waals surface area contributed by atoms with Gasteiger partial charge in [-0.05, 0) is 19.1 Å². The minimum Gasteiger partial charge on any atom is -0.464 e. The third kappa shape index (κ3) is 2.60. The van der Waals surface area contributed by atoms with Gasteiger partial charge in [0.25, 0.3) is 0 Å². The molecule has 0 amide bonds. The summed E-state index contributed by atoms with van der Waals surface area (Å²) in [5.74, 6) is 0.350. The van der Waals surface area contributed by atoms with Crippen LogP contribution in [0.5, 0.6) is 11.6 Å². The van der Waals surface area contributed by atoms with E-state index in [0.29, 0.717) is 11.6 Å². The predicted molar refractivity (Wildman–Crippen MR) is 62.4 cm³/mol. The number of carbonyl (C=O) groups is 1. The zero-order valence-corrected chi connectivity index (χ0v) is 9.95. The fourth-order valence-corrected chi connectivity index (χ4v) is 1.27. The highest BCUT2D eigenvalue weighted by atomic mass is 16.5. The van der Waals surface area contributed by atoms with E-state index in [1.807, 2.05) is 6.92 Å². The maximum atomic E-state index is 11.2. The number of ether oxygens (including phenoxy) is 2. The van der Waals surface area contributed by atoms with Crippen molar-refractivity contribution >= 4 is 5.97 Å². The molecule has 18 heavy (non-hydrogen) atoms. The number of pyridine rings is 1. The van der Waals surface area contributed by atoms with Gasteiger partial charge in [0.1, 0.15) is 0 Å². The number of aromatic nitrogens is 3. The molecule has 0 saturated carbocycles. The zero-order chi connectivity index (χ0) is 13.0. The van der Waals surface area contributed by atoms with Crippen molar-refractivity contribution in [1.29, 1.82) is 0 Å². The predicted octanol–water partition coefficient (Wildman–Crippen LogP) is 1.76. The lowest BCUT2D eigenvalue weighted by atomic mass is 10.3. The SMILES string of the molecule is COC(=O)c1cnc(Oc2cccnc2C)cn1. The second-order valence-corrected chi connectivity index (χ2v) is 3.42. The Kier molecular flexibility index (Phi) is 3.47. The quantitative estimate of drug-likeness (QED) is 0.767. The van der Waals surface area contributed by atoms with E-state index in [9.17, 15) is 4.79 Å². The molecule has 2 aromatic rings. The van der Waals surface area contributed by atoms with Crippen LogP contribution in [-0.4, -0.2) is 28.0 Å². The van der Waals surface area contributed by atoms with Crippen LogP contribution in [0, 0.1) is 6.92 Å². The van der Waals surface area contributed by atoms with E-state index in [-0.39, 0.29) is 5.69 Å². The molecule has 0 aromatic carbocycles. The summed E-state index contributed by atoms with van der Waals surface area (Å²) in [4.78, 5) is 23.1. The third-order valence-corrected chi connectivity index (χ3v) is 2.20. The van der Waals surface area contributed by atoms with Gasteiger partial charge in [0.2, 0.25) is 5.88 Å². The fourth-order valence-electron chi connectivity index (χ4n) is 1.27. The van der Waals surface area contributed by atoms with E-state index in [4.69, 9.17) is 4.74 Å². The molecule has 0 bridgehead atoms. The van der Waals surface area contributed by atoms with Gasteiger partial charge in [-0.3, -0.25) is 4.98 Å². The second-order valence-electron chi connectivity index (χ2n) is 3.42. The Morgan fingerprint density at radius 2 is 2.06 bits per heavy atom. The molecule has 0 aliphatic heterocycles. The van der Waals surface area contributed by atoms with Gasteiger partial charge in [0.05, 0.1) is 25.2 Å². The highest BCUT2D eigenvalue weighted by Crippen LogP contribution is 2.20. The first-order chi connectivity index (χ1) is 8.70. The lowest BCUT2D eigenvalue weighted by Gasteiger charge is -2.06. The van der Waals surface area contributed by atoms with Crippen LogP contribution in [0.25, 0.3) is 0 Å². The molecule has 92 valence electrons. The first-order valence-corrected chi connectivity index (χ1v) is 5.20. The zero-order valence-electron chi connectivity index (χ0n) is 9.95. The highest BCUT2D eigenvalue weighted by molar-refractivity contribution is 5.86. The van der Waals surface area contributed by atoms with Crippen molar-refractivity contribution < 1.29 is 14.3 Å². The van der Waals surface area contributed by atoms with Crippen molar-refractivity contribution in [3.63, 3.8) is 0 Å². The van der Waals surface area contributed by atoms with E-state index in [1.54, 1.807) is 18.3 Å². The molecule has 6 heteroatoms. The molecule has 0 atom stereocenters. The monoisotopic (exact) mass is 245 g/mol. The number of hydrogen-bond donors (Lipinski definition) is 0. The van der Waals surface area contributed by atoms with Crippen LogP contribution in [0.2, 0.25) is 0 Å². The maximum Gasteiger partial charge on any atom is 0.358 e. The highest BCUT2D eigenvalue weighted by Gasteiger charge is 2.08. The average molecular weight is 245 g/mol. The summed E-state index contributed by atoms with van der Waals surface area (Å²) < 4.78 is 10.0. The van der Waals surface area contributed by atoms with Crippen molar-refractivity contribution in [2.24, 2.45) is 0 Å². The van der Waals surface area contributed by atoms with Gasteiger partial charge in [-0.25, -0.2) is 14.8 Å². The van der Waals surface area contributed by atoms with E-state index >= 15 is 0 Å². The standard InChI is InChI=1S/C12H11N3O3/c1-8-10(4-3-5-13-8)18-11-7-14-9(6-15-11)12(16)17-2/h3-7H,1-2H3. The van der Waals surface area contributed by atoms with Crippen LogP contribution in [-0.2, 0) is 4.74 Å². The van der Waals surface area contributed by atoms with Gasteiger partial charge in [0.15, 0.2) is 11.4 Å². The Bertz CT molecular complexity index is 555. The Balaban J connectivity index is 2.16. The molecular weight excluding hydrogens is 234 g/mol. The molecule has 0 spiro atoms. The summed E-state index contributed by atoms with van der Waals surface area (Å²) >= 11 is 0. The van der Waals surface area contributed by atoms with Crippen LogP contribution in [0.3, 0.4) is 0 Å². The number of nitrogens with zero attached hydrogens (tertiary/aromatic N) is 3.